The first-order chi connectivity index (χ1) is 8.58. The largest absolute Gasteiger partial charge is 0.481 e. The van der Waals surface area contributed by atoms with Crippen molar-refractivity contribution in [2.45, 2.75) is 32.6 Å². The van der Waals surface area contributed by atoms with Crippen LogP contribution in [0.1, 0.15) is 31.4 Å². The Morgan fingerprint density at radius 1 is 1.39 bits per heavy atom. The third-order valence-electron chi connectivity index (χ3n) is 3.38. The molecule has 2 atom stereocenters. The lowest BCUT2D eigenvalue weighted by atomic mass is 9.79. The lowest BCUT2D eigenvalue weighted by molar-refractivity contribution is -0.147. The van der Waals surface area contributed by atoms with Crippen LogP contribution in [-0.2, 0) is 9.59 Å². The quantitative estimate of drug-likeness (QED) is 0.759. The molecule has 0 unspecified atom stereocenters. The number of carboxylic acid groups (broad SMARTS) is 1. The monoisotopic (exact) mass is 251 g/mol. The number of aromatic amines is 1. The van der Waals surface area contributed by atoms with Crippen molar-refractivity contribution >= 4 is 17.7 Å². The van der Waals surface area contributed by atoms with Crippen molar-refractivity contribution in [3.8, 4) is 0 Å². The molecule has 0 saturated heterocycles. The number of carbonyl (C=O) groups excluding carboxylic acids is 1. The first kappa shape index (κ1) is 12.6. The second kappa shape index (κ2) is 5.20. The number of nitrogens with one attached hydrogen (secondary N) is 2. The molecule has 1 aliphatic carbocycles. The van der Waals surface area contributed by atoms with Crippen LogP contribution >= 0.6 is 0 Å². The Kier molecular flexibility index (Phi) is 3.64. The van der Waals surface area contributed by atoms with E-state index < -0.39 is 17.8 Å². The predicted molar refractivity (Wildman–Crippen MR) is 65.0 cm³/mol. The number of rotatable bonds is 3. The average molecular weight is 251 g/mol. The van der Waals surface area contributed by atoms with Crippen LogP contribution in [0.15, 0.2) is 6.07 Å². The number of carbonyl (C=O) groups is 2. The van der Waals surface area contributed by atoms with Crippen molar-refractivity contribution in [3.05, 3.63) is 11.8 Å². The van der Waals surface area contributed by atoms with Crippen LogP contribution in [0.4, 0.5) is 5.82 Å². The van der Waals surface area contributed by atoms with Crippen LogP contribution in [0.5, 0.6) is 0 Å². The topological polar surface area (TPSA) is 95.1 Å². The molecule has 6 heteroatoms. The van der Waals surface area contributed by atoms with Gasteiger partial charge in [0.05, 0.1) is 11.8 Å². The third kappa shape index (κ3) is 2.69. The van der Waals surface area contributed by atoms with E-state index in [1.807, 2.05) is 6.92 Å². The zero-order valence-corrected chi connectivity index (χ0v) is 10.3. The summed E-state index contributed by atoms with van der Waals surface area (Å²) in [4.78, 5) is 23.2. The van der Waals surface area contributed by atoms with Crippen LogP contribution in [0, 0.1) is 18.8 Å². The van der Waals surface area contributed by atoms with Crippen LogP contribution in [0.3, 0.4) is 0 Å². The Morgan fingerprint density at radius 2 is 2.06 bits per heavy atom. The molecule has 1 fully saturated rings. The van der Waals surface area contributed by atoms with Gasteiger partial charge in [0, 0.05) is 11.8 Å². The summed E-state index contributed by atoms with van der Waals surface area (Å²) in [5, 5.41) is 18.4. The van der Waals surface area contributed by atoms with Crippen LogP contribution < -0.4 is 5.32 Å². The maximum absolute atomic E-state index is 12.1. The molecule has 1 aliphatic rings. The number of aryl methyl sites for hydroxylation is 1. The van der Waals surface area contributed by atoms with Gasteiger partial charge in [-0.25, -0.2) is 0 Å². The van der Waals surface area contributed by atoms with Crippen LogP contribution in [0.25, 0.3) is 0 Å². The minimum absolute atomic E-state index is 0.242. The van der Waals surface area contributed by atoms with Crippen molar-refractivity contribution in [1.29, 1.82) is 0 Å². The molecule has 2 rings (SSSR count). The molecule has 0 bridgehead atoms. The Bertz CT molecular complexity index is 455. The molecule has 1 aromatic rings. The van der Waals surface area contributed by atoms with E-state index in [1.54, 1.807) is 6.07 Å². The smallest absolute Gasteiger partial charge is 0.307 e. The predicted octanol–water partition coefficient (Wildman–Crippen LogP) is 1.55. The fourth-order valence-corrected chi connectivity index (χ4v) is 2.44. The SMILES string of the molecule is Cc1cc(NC(=O)[C@H]2CCCC[C@@H]2C(=O)O)n[nH]1. The van der Waals surface area contributed by atoms with Gasteiger partial charge in [-0.2, -0.15) is 5.10 Å². The minimum Gasteiger partial charge on any atom is -0.481 e. The molecular weight excluding hydrogens is 234 g/mol. The van der Waals surface area contributed by atoms with Gasteiger partial charge in [-0.15, -0.1) is 0 Å². The third-order valence-corrected chi connectivity index (χ3v) is 3.38. The number of amides is 1. The van der Waals surface area contributed by atoms with Gasteiger partial charge in [0.1, 0.15) is 0 Å². The second-order valence-corrected chi connectivity index (χ2v) is 4.76. The fraction of sp³-hybridized carbons (Fsp3) is 0.583. The summed E-state index contributed by atoms with van der Waals surface area (Å²) in [6.45, 7) is 1.84. The molecule has 1 saturated carbocycles. The second-order valence-electron chi connectivity index (χ2n) is 4.76. The maximum atomic E-state index is 12.1. The Hall–Kier alpha value is -1.85. The van der Waals surface area contributed by atoms with Gasteiger partial charge >= 0.3 is 5.97 Å². The fourth-order valence-electron chi connectivity index (χ4n) is 2.44. The van der Waals surface area contributed by atoms with Gasteiger partial charge in [0.2, 0.25) is 5.91 Å². The van der Waals surface area contributed by atoms with Gasteiger partial charge in [0.15, 0.2) is 5.82 Å². The van der Waals surface area contributed by atoms with Gasteiger partial charge in [-0.1, -0.05) is 12.8 Å². The molecule has 1 amide bonds. The molecule has 0 radical (unpaired) electrons. The number of carboxylic acids is 1. The number of nitrogens with zero attached hydrogens (tertiary/aromatic N) is 1. The maximum Gasteiger partial charge on any atom is 0.307 e. The average Bonchev–Trinajstić information content (AvgIpc) is 2.74. The summed E-state index contributed by atoms with van der Waals surface area (Å²) < 4.78 is 0. The van der Waals surface area contributed by atoms with Crippen molar-refractivity contribution < 1.29 is 14.7 Å². The number of hydrogen-bond donors (Lipinski definition) is 3. The van der Waals surface area contributed by atoms with E-state index in [9.17, 15) is 9.59 Å². The summed E-state index contributed by atoms with van der Waals surface area (Å²) >= 11 is 0. The lowest BCUT2D eigenvalue weighted by Gasteiger charge is -2.27. The molecule has 3 N–H and O–H groups in total. The lowest BCUT2D eigenvalue weighted by Crippen LogP contribution is -2.36. The van der Waals surface area contributed by atoms with Crippen molar-refractivity contribution in [2.24, 2.45) is 11.8 Å². The Morgan fingerprint density at radius 3 is 2.61 bits per heavy atom. The number of aliphatic carboxylic acids is 1. The van der Waals surface area contributed by atoms with E-state index in [0.717, 1.165) is 18.5 Å². The molecule has 98 valence electrons. The molecule has 0 spiro atoms. The summed E-state index contributed by atoms with van der Waals surface area (Å²) in [7, 11) is 0. The van der Waals surface area contributed by atoms with Crippen LogP contribution in [-0.4, -0.2) is 27.2 Å². The van der Waals surface area contributed by atoms with Crippen LogP contribution in [0.2, 0.25) is 0 Å². The summed E-state index contributed by atoms with van der Waals surface area (Å²) in [6.07, 6.45) is 2.99. The standard InChI is InChI=1S/C12H17N3O3/c1-7-6-10(15-14-7)13-11(16)8-4-2-3-5-9(8)12(17)18/h6,8-9H,2-5H2,1H3,(H,17,18)(H2,13,14,15,16)/t8-,9-/m0/s1. The zero-order valence-electron chi connectivity index (χ0n) is 10.3. The van der Waals surface area contributed by atoms with E-state index in [2.05, 4.69) is 15.5 Å². The van der Waals surface area contributed by atoms with Crippen molar-refractivity contribution in [3.63, 3.8) is 0 Å². The Labute approximate surface area is 105 Å². The van der Waals surface area contributed by atoms with E-state index in [-0.39, 0.29) is 5.91 Å². The van der Waals surface area contributed by atoms with Gasteiger partial charge in [0.25, 0.3) is 0 Å². The first-order valence-electron chi connectivity index (χ1n) is 6.13. The highest BCUT2D eigenvalue weighted by molar-refractivity contribution is 5.94. The summed E-state index contributed by atoms with van der Waals surface area (Å²) in [5.74, 6) is -1.69. The Balaban J connectivity index is 2.04. The van der Waals surface area contributed by atoms with E-state index in [1.165, 1.54) is 0 Å². The molecule has 18 heavy (non-hydrogen) atoms. The van der Waals surface area contributed by atoms with Crippen molar-refractivity contribution in [1.82, 2.24) is 10.2 Å². The minimum atomic E-state index is -0.881. The highest BCUT2D eigenvalue weighted by Crippen LogP contribution is 2.31. The molecule has 0 aliphatic heterocycles. The number of H-pyrrole nitrogens is 1. The van der Waals surface area contributed by atoms with E-state index >= 15 is 0 Å². The van der Waals surface area contributed by atoms with Gasteiger partial charge in [-0.05, 0) is 19.8 Å². The number of hydrogen-bond acceptors (Lipinski definition) is 3. The zero-order chi connectivity index (χ0) is 13.1. The number of anilines is 1. The number of aromatic nitrogens is 2. The first-order valence-corrected chi connectivity index (χ1v) is 6.13. The van der Waals surface area contributed by atoms with E-state index in [0.29, 0.717) is 18.7 Å². The summed E-state index contributed by atoms with van der Waals surface area (Å²) in [5.41, 5.74) is 0.851. The van der Waals surface area contributed by atoms with Crippen molar-refractivity contribution in [2.75, 3.05) is 5.32 Å². The van der Waals surface area contributed by atoms with E-state index in [4.69, 9.17) is 5.11 Å². The summed E-state index contributed by atoms with van der Waals surface area (Å²) in [6, 6.07) is 1.72. The molecule has 6 nitrogen and oxygen atoms in total. The highest BCUT2D eigenvalue weighted by Gasteiger charge is 2.35. The van der Waals surface area contributed by atoms with Gasteiger partial charge in [-0.3, -0.25) is 14.7 Å². The highest BCUT2D eigenvalue weighted by atomic mass is 16.4. The molecule has 1 aromatic heterocycles. The molecule has 1 heterocycles. The molecular formula is C12H17N3O3. The molecule has 0 aromatic carbocycles. The normalized spacial score (nSPS) is 23.6. The van der Waals surface area contributed by atoms with Gasteiger partial charge < -0.3 is 10.4 Å².